The number of methoxy groups -OCH3 is 1. The Morgan fingerprint density at radius 3 is 2.70 bits per heavy atom. The van der Waals surface area contributed by atoms with E-state index in [1.54, 1.807) is 0 Å². The Hall–Kier alpha value is -0.160. The van der Waals surface area contributed by atoms with Crippen LogP contribution in [0, 0.1) is 0 Å². The van der Waals surface area contributed by atoms with Gasteiger partial charge in [0.05, 0.1) is 12.7 Å². The van der Waals surface area contributed by atoms with Crippen molar-refractivity contribution in [2.75, 3.05) is 13.7 Å². The Morgan fingerprint density at radius 2 is 2.20 bits per heavy atom. The van der Waals surface area contributed by atoms with Crippen LogP contribution in [0.3, 0.4) is 0 Å². The molecule has 3 atom stereocenters. The summed E-state index contributed by atoms with van der Waals surface area (Å²) in [6, 6.07) is 0. The molecule has 0 amide bonds. The second-order valence-electron chi connectivity index (χ2n) is 2.37. The molecule has 4 heteroatoms. The number of aliphatic hydroxyl groups excluding tert-OH is 2. The molecule has 0 unspecified atom stereocenters. The van der Waals surface area contributed by atoms with Gasteiger partial charge in [-0.15, -0.1) is 0 Å². The van der Waals surface area contributed by atoms with Gasteiger partial charge in [0.15, 0.2) is 6.29 Å². The molecule has 0 bridgehead atoms. The predicted molar refractivity (Wildman–Crippen MR) is 33.4 cm³/mol. The third kappa shape index (κ3) is 1.67. The molecular weight excluding hydrogens is 136 g/mol. The van der Waals surface area contributed by atoms with Gasteiger partial charge in [-0.1, -0.05) is 0 Å². The summed E-state index contributed by atoms with van der Waals surface area (Å²) < 4.78 is 9.69. The molecule has 0 radical (unpaired) electrons. The highest BCUT2D eigenvalue weighted by atomic mass is 16.6. The highest BCUT2D eigenvalue weighted by molar-refractivity contribution is 4.73. The van der Waals surface area contributed by atoms with Crippen molar-refractivity contribution in [3.8, 4) is 0 Å². The summed E-state index contributed by atoms with van der Waals surface area (Å²) in [7, 11) is 1.51. The first-order chi connectivity index (χ1) is 4.74. The average molecular weight is 148 g/mol. The highest BCUT2D eigenvalue weighted by Crippen LogP contribution is 2.13. The van der Waals surface area contributed by atoms with E-state index in [0.717, 1.165) is 0 Å². The molecule has 4 nitrogen and oxygen atoms in total. The van der Waals surface area contributed by atoms with Crippen LogP contribution in [0.5, 0.6) is 0 Å². The Balaban J connectivity index is 2.36. The Bertz CT molecular complexity index is 106. The lowest BCUT2D eigenvalue weighted by Crippen LogP contribution is -2.42. The molecular formula is C6H12O4. The van der Waals surface area contributed by atoms with E-state index in [-0.39, 0.29) is 19.1 Å². The van der Waals surface area contributed by atoms with Crippen LogP contribution in [0.2, 0.25) is 0 Å². The van der Waals surface area contributed by atoms with Gasteiger partial charge in [0, 0.05) is 13.5 Å². The molecule has 1 aliphatic heterocycles. The molecule has 60 valence electrons. The van der Waals surface area contributed by atoms with Crippen LogP contribution in [0.1, 0.15) is 6.42 Å². The molecule has 1 rings (SSSR count). The lowest BCUT2D eigenvalue weighted by Gasteiger charge is -2.29. The predicted octanol–water partition coefficient (Wildman–Crippen LogP) is -0.899. The molecule has 0 saturated carbocycles. The standard InChI is InChI=1S/C6H12O4/c1-9-5-3-10-6(8)2-4(5)7/h4-8H,2-3H2,1H3/t4-,5-,6+/m0/s1. The largest absolute Gasteiger partial charge is 0.390 e. The molecule has 1 fully saturated rings. The van der Waals surface area contributed by atoms with Crippen LogP contribution in [0.15, 0.2) is 0 Å². The van der Waals surface area contributed by atoms with Crippen molar-refractivity contribution in [1.82, 2.24) is 0 Å². The van der Waals surface area contributed by atoms with Crippen LogP contribution >= 0.6 is 0 Å². The minimum atomic E-state index is -0.832. The van der Waals surface area contributed by atoms with E-state index in [0.29, 0.717) is 0 Å². The van der Waals surface area contributed by atoms with Gasteiger partial charge < -0.3 is 19.7 Å². The van der Waals surface area contributed by atoms with Gasteiger partial charge in [0.1, 0.15) is 6.10 Å². The van der Waals surface area contributed by atoms with Crippen molar-refractivity contribution in [1.29, 1.82) is 0 Å². The van der Waals surface area contributed by atoms with Gasteiger partial charge in [-0.3, -0.25) is 0 Å². The van der Waals surface area contributed by atoms with Crippen LogP contribution < -0.4 is 0 Å². The molecule has 1 aliphatic rings. The fourth-order valence-electron chi connectivity index (χ4n) is 0.969. The Morgan fingerprint density at radius 1 is 1.50 bits per heavy atom. The third-order valence-corrected chi connectivity index (χ3v) is 1.63. The van der Waals surface area contributed by atoms with E-state index in [1.807, 2.05) is 0 Å². The monoisotopic (exact) mass is 148 g/mol. The smallest absolute Gasteiger partial charge is 0.157 e. The first-order valence-electron chi connectivity index (χ1n) is 3.24. The zero-order valence-electron chi connectivity index (χ0n) is 5.86. The van der Waals surface area contributed by atoms with Crippen molar-refractivity contribution >= 4 is 0 Å². The molecule has 0 aromatic rings. The van der Waals surface area contributed by atoms with E-state index in [4.69, 9.17) is 14.6 Å². The Labute approximate surface area is 59.4 Å². The van der Waals surface area contributed by atoms with Gasteiger partial charge in [0.2, 0.25) is 0 Å². The van der Waals surface area contributed by atoms with E-state index in [9.17, 15) is 5.11 Å². The van der Waals surface area contributed by atoms with Gasteiger partial charge in [-0.25, -0.2) is 0 Å². The summed E-state index contributed by atoms with van der Waals surface area (Å²) in [5.41, 5.74) is 0. The summed E-state index contributed by atoms with van der Waals surface area (Å²) in [6.07, 6.45) is -1.49. The quantitative estimate of drug-likeness (QED) is 0.506. The maximum absolute atomic E-state index is 9.17. The second-order valence-corrected chi connectivity index (χ2v) is 2.37. The summed E-state index contributed by atoms with van der Waals surface area (Å²) >= 11 is 0. The first-order valence-corrected chi connectivity index (χ1v) is 3.24. The normalized spacial score (nSPS) is 41.7. The van der Waals surface area contributed by atoms with E-state index >= 15 is 0 Å². The Kier molecular flexibility index (Phi) is 2.62. The van der Waals surface area contributed by atoms with E-state index < -0.39 is 12.4 Å². The van der Waals surface area contributed by atoms with Crippen LogP contribution in [0.25, 0.3) is 0 Å². The summed E-state index contributed by atoms with van der Waals surface area (Å²) in [5.74, 6) is 0. The van der Waals surface area contributed by atoms with Gasteiger partial charge in [-0.05, 0) is 0 Å². The molecule has 1 heterocycles. The minimum Gasteiger partial charge on any atom is -0.390 e. The van der Waals surface area contributed by atoms with Crippen molar-refractivity contribution in [2.24, 2.45) is 0 Å². The van der Waals surface area contributed by atoms with Gasteiger partial charge in [0.25, 0.3) is 0 Å². The van der Waals surface area contributed by atoms with E-state index in [2.05, 4.69) is 0 Å². The van der Waals surface area contributed by atoms with Crippen LogP contribution in [-0.4, -0.2) is 42.4 Å². The van der Waals surface area contributed by atoms with Crippen molar-refractivity contribution in [3.05, 3.63) is 0 Å². The zero-order chi connectivity index (χ0) is 7.56. The molecule has 1 saturated heterocycles. The third-order valence-electron chi connectivity index (χ3n) is 1.63. The number of aliphatic hydroxyl groups is 2. The van der Waals surface area contributed by atoms with Gasteiger partial charge in [-0.2, -0.15) is 0 Å². The molecule has 0 aliphatic carbocycles. The fourth-order valence-corrected chi connectivity index (χ4v) is 0.969. The molecule has 0 aromatic heterocycles. The number of rotatable bonds is 1. The molecule has 10 heavy (non-hydrogen) atoms. The fraction of sp³-hybridized carbons (Fsp3) is 1.00. The molecule has 2 N–H and O–H groups in total. The lowest BCUT2D eigenvalue weighted by molar-refractivity contribution is -0.200. The van der Waals surface area contributed by atoms with Crippen molar-refractivity contribution in [3.63, 3.8) is 0 Å². The number of ether oxygens (including phenoxy) is 2. The lowest BCUT2D eigenvalue weighted by atomic mass is 10.1. The number of hydrogen-bond donors (Lipinski definition) is 2. The number of hydrogen-bond acceptors (Lipinski definition) is 4. The summed E-state index contributed by atoms with van der Waals surface area (Å²) in [6.45, 7) is 0.263. The zero-order valence-corrected chi connectivity index (χ0v) is 5.86. The maximum atomic E-state index is 9.17. The topological polar surface area (TPSA) is 58.9 Å². The van der Waals surface area contributed by atoms with Crippen molar-refractivity contribution in [2.45, 2.75) is 24.9 Å². The molecule has 0 spiro atoms. The van der Waals surface area contributed by atoms with Crippen molar-refractivity contribution < 1.29 is 19.7 Å². The highest BCUT2D eigenvalue weighted by Gasteiger charge is 2.28. The van der Waals surface area contributed by atoms with Crippen LogP contribution in [-0.2, 0) is 9.47 Å². The first kappa shape index (κ1) is 7.94. The second kappa shape index (κ2) is 3.30. The summed E-state index contributed by atoms with van der Waals surface area (Å²) in [5, 5.41) is 18.0. The van der Waals surface area contributed by atoms with Gasteiger partial charge >= 0.3 is 0 Å². The SMILES string of the molecule is CO[C@H]1CO[C@@H](O)C[C@@H]1O. The average Bonchev–Trinajstić information content (AvgIpc) is 1.88. The van der Waals surface area contributed by atoms with E-state index in [1.165, 1.54) is 7.11 Å². The minimum absolute atomic E-state index is 0.235. The summed E-state index contributed by atoms with van der Waals surface area (Å²) in [4.78, 5) is 0. The molecule has 0 aromatic carbocycles. The van der Waals surface area contributed by atoms with Crippen LogP contribution in [0.4, 0.5) is 0 Å². The maximum Gasteiger partial charge on any atom is 0.157 e.